The van der Waals surface area contributed by atoms with Crippen LogP contribution in [0.4, 0.5) is 4.79 Å². The van der Waals surface area contributed by atoms with Crippen molar-refractivity contribution in [2.24, 2.45) is 0 Å². The number of ether oxygens (including phenoxy) is 1. The van der Waals surface area contributed by atoms with Crippen molar-refractivity contribution in [2.45, 2.75) is 13.5 Å². The average molecular weight is 429 g/mol. The molecule has 162 valence electrons. The van der Waals surface area contributed by atoms with Crippen LogP contribution in [0.5, 0.6) is 0 Å². The van der Waals surface area contributed by atoms with Crippen LogP contribution in [-0.2, 0) is 26.3 Å². The Morgan fingerprint density at radius 1 is 1.21 bits per heavy atom. The number of urea groups is 1. The summed E-state index contributed by atoms with van der Waals surface area (Å²) in [4.78, 5) is 26.5. The molecule has 2 aliphatic rings. The number of morpholine rings is 1. The van der Waals surface area contributed by atoms with E-state index < -0.39 is 10.2 Å². The van der Waals surface area contributed by atoms with Gasteiger partial charge in [-0.25, -0.2) is 4.79 Å². The maximum absolute atomic E-state index is 12.6. The van der Waals surface area contributed by atoms with Crippen LogP contribution >= 0.6 is 0 Å². The monoisotopic (exact) mass is 429 g/mol. The molecule has 0 bridgehead atoms. The topological polar surface area (TPSA) is 132 Å². The summed E-state index contributed by atoms with van der Waals surface area (Å²) in [7, 11) is -3.47. The number of aromatic nitrogens is 1. The first-order valence-corrected chi connectivity index (χ1v) is 10.6. The summed E-state index contributed by atoms with van der Waals surface area (Å²) in [5.41, 5.74) is 1.89. The van der Waals surface area contributed by atoms with E-state index in [0.717, 1.165) is 11.3 Å². The quantitative estimate of drug-likeness (QED) is 0.616. The van der Waals surface area contributed by atoms with E-state index in [4.69, 9.17) is 14.6 Å². The second-order valence-corrected chi connectivity index (χ2v) is 8.40. The van der Waals surface area contributed by atoms with Gasteiger partial charge in [-0.05, 0) is 24.6 Å². The lowest BCUT2D eigenvalue weighted by Crippen LogP contribution is -2.57. The van der Waals surface area contributed by atoms with Crippen LogP contribution < -0.4 is 5.32 Å². The van der Waals surface area contributed by atoms with Crippen molar-refractivity contribution in [3.8, 4) is 0 Å². The molecule has 0 saturated carbocycles. The lowest BCUT2D eigenvalue weighted by Gasteiger charge is -2.37. The number of hydrogen-bond donors (Lipinski definition) is 2. The highest BCUT2D eigenvalue weighted by Crippen LogP contribution is 2.14. The lowest BCUT2D eigenvalue weighted by molar-refractivity contribution is -0.122. The number of amides is 2. The molecule has 2 amide bonds. The normalized spacial score (nSPS) is 18.4. The minimum absolute atomic E-state index is 0.178. The third-order valence-electron chi connectivity index (χ3n) is 4.55. The summed E-state index contributed by atoms with van der Waals surface area (Å²) < 4.78 is 33.4. The standard InChI is InChI=1S/C16H25N5O4S.CH2O2/c1-14-12-15(2-3-17-14)13-18-16(22)19-4-6-20(7-5-19)26(23,24)21-8-10-25-11-9-21;2-1-3/h2-3,12H,4-11,13H2,1H3,(H,18,22);1H,(H,2,3). The van der Waals surface area contributed by atoms with Gasteiger partial charge in [0.1, 0.15) is 0 Å². The molecule has 0 unspecified atom stereocenters. The number of rotatable bonds is 4. The molecule has 3 heterocycles. The number of carbonyl (C=O) groups excluding carboxylic acids is 1. The van der Waals surface area contributed by atoms with E-state index in [9.17, 15) is 13.2 Å². The lowest BCUT2D eigenvalue weighted by atomic mass is 10.2. The third-order valence-corrected chi connectivity index (χ3v) is 6.59. The molecule has 12 heteroatoms. The summed E-state index contributed by atoms with van der Waals surface area (Å²) in [5, 5.41) is 9.77. The number of nitrogens with zero attached hydrogens (tertiary/aromatic N) is 4. The van der Waals surface area contributed by atoms with Crippen LogP contribution in [0, 0.1) is 6.92 Å². The molecule has 1 aromatic heterocycles. The fraction of sp³-hybridized carbons (Fsp3) is 0.588. The molecule has 3 rings (SSSR count). The number of carbonyl (C=O) groups is 2. The van der Waals surface area contributed by atoms with Gasteiger partial charge in [-0.1, -0.05) is 0 Å². The smallest absolute Gasteiger partial charge is 0.317 e. The van der Waals surface area contributed by atoms with Crippen LogP contribution in [0.2, 0.25) is 0 Å². The fourth-order valence-electron chi connectivity index (χ4n) is 3.07. The Hall–Kier alpha value is -2.28. The maximum atomic E-state index is 12.6. The van der Waals surface area contributed by atoms with Crippen LogP contribution in [0.15, 0.2) is 18.3 Å². The van der Waals surface area contributed by atoms with Crippen molar-refractivity contribution < 1.29 is 27.9 Å². The third kappa shape index (κ3) is 6.63. The Labute approximate surface area is 170 Å². The van der Waals surface area contributed by atoms with E-state index in [-0.39, 0.29) is 12.5 Å². The van der Waals surface area contributed by atoms with Gasteiger partial charge < -0.3 is 20.1 Å². The molecular formula is C17H27N5O6S. The first kappa shape index (κ1) is 23.0. The molecule has 1 aromatic rings. The minimum Gasteiger partial charge on any atom is -0.483 e. The van der Waals surface area contributed by atoms with Crippen LogP contribution in [0.3, 0.4) is 0 Å². The Bertz CT molecular complexity index is 776. The summed E-state index contributed by atoms with van der Waals surface area (Å²) in [6.45, 7) is 5.07. The van der Waals surface area contributed by atoms with E-state index >= 15 is 0 Å². The van der Waals surface area contributed by atoms with Crippen molar-refractivity contribution >= 4 is 22.7 Å². The number of aryl methyl sites for hydroxylation is 1. The highest BCUT2D eigenvalue weighted by Gasteiger charge is 2.34. The fourth-order valence-corrected chi connectivity index (χ4v) is 4.63. The molecule has 0 atom stereocenters. The summed E-state index contributed by atoms with van der Waals surface area (Å²) in [6, 6.07) is 3.61. The largest absolute Gasteiger partial charge is 0.483 e. The van der Waals surface area contributed by atoms with E-state index in [0.29, 0.717) is 59.0 Å². The van der Waals surface area contributed by atoms with Gasteiger partial charge in [0.15, 0.2) is 0 Å². The molecular weight excluding hydrogens is 402 g/mol. The average Bonchev–Trinajstić information content (AvgIpc) is 2.73. The molecule has 0 spiro atoms. The molecule has 2 N–H and O–H groups in total. The second-order valence-electron chi connectivity index (χ2n) is 6.47. The number of nitrogens with one attached hydrogen (secondary N) is 1. The predicted molar refractivity (Wildman–Crippen MR) is 104 cm³/mol. The zero-order valence-corrected chi connectivity index (χ0v) is 17.2. The molecule has 0 radical (unpaired) electrons. The van der Waals surface area contributed by atoms with E-state index in [2.05, 4.69) is 10.3 Å². The van der Waals surface area contributed by atoms with Gasteiger partial charge in [0.05, 0.1) is 13.2 Å². The van der Waals surface area contributed by atoms with E-state index in [1.165, 1.54) is 8.61 Å². The summed E-state index contributed by atoms with van der Waals surface area (Å²) in [6.07, 6.45) is 1.71. The van der Waals surface area contributed by atoms with Crippen molar-refractivity contribution in [1.82, 2.24) is 23.8 Å². The molecule has 2 saturated heterocycles. The van der Waals surface area contributed by atoms with E-state index in [1.807, 2.05) is 19.1 Å². The summed E-state index contributed by atoms with van der Waals surface area (Å²) in [5.74, 6) is 0. The number of pyridine rings is 1. The first-order valence-electron chi connectivity index (χ1n) is 9.23. The summed E-state index contributed by atoms with van der Waals surface area (Å²) >= 11 is 0. The van der Waals surface area contributed by atoms with Gasteiger partial charge in [0.2, 0.25) is 0 Å². The van der Waals surface area contributed by atoms with E-state index in [1.54, 1.807) is 11.1 Å². The van der Waals surface area contributed by atoms with Gasteiger partial charge in [-0.2, -0.15) is 17.0 Å². The first-order chi connectivity index (χ1) is 13.9. The van der Waals surface area contributed by atoms with Crippen LogP contribution in [0.1, 0.15) is 11.3 Å². The molecule has 2 fully saturated rings. The van der Waals surface area contributed by atoms with Gasteiger partial charge in [-0.15, -0.1) is 0 Å². The molecule has 11 nitrogen and oxygen atoms in total. The second kappa shape index (κ2) is 11.0. The van der Waals surface area contributed by atoms with Gasteiger partial charge in [-0.3, -0.25) is 9.78 Å². The van der Waals surface area contributed by atoms with Gasteiger partial charge in [0.25, 0.3) is 16.7 Å². The van der Waals surface area contributed by atoms with Crippen molar-refractivity contribution in [2.75, 3.05) is 52.5 Å². The van der Waals surface area contributed by atoms with Gasteiger partial charge in [0, 0.05) is 57.7 Å². The Balaban J connectivity index is 0.000000941. The van der Waals surface area contributed by atoms with Crippen LogP contribution in [0.25, 0.3) is 0 Å². The van der Waals surface area contributed by atoms with Crippen molar-refractivity contribution in [3.63, 3.8) is 0 Å². The highest BCUT2D eigenvalue weighted by atomic mass is 32.2. The van der Waals surface area contributed by atoms with Crippen molar-refractivity contribution in [1.29, 1.82) is 0 Å². The number of piperazine rings is 1. The zero-order valence-electron chi connectivity index (χ0n) is 16.4. The van der Waals surface area contributed by atoms with Gasteiger partial charge >= 0.3 is 6.03 Å². The maximum Gasteiger partial charge on any atom is 0.317 e. The Morgan fingerprint density at radius 3 is 2.38 bits per heavy atom. The predicted octanol–water partition coefficient (Wildman–Crippen LogP) is -0.505. The molecule has 0 aromatic carbocycles. The minimum atomic E-state index is -3.47. The molecule has 2 aliphatic heterocycles. The number of hydrogen-bond acceptors (Lipinski definition) is 6. The Kier molecular flexibility index (Phi) is 8.76. The Morgan fingerprint density at radius 2 is 1.79 bits per heavy atom. The zero-order chi connectivity index (χ0) is 21.3. The highest BCUT2D eigenvalue weighted by molar-refractivity contribution is 7.86. The number of carboxylic acid groups (broad SMARTS) is 1. The van der Waals surface area contributed by atoms with Crippen molar-refractivity contribution in [3.05, 3.63) is 29.6 Å². The molecule has 29 heavy (non-hydrogen) atoms. The van der Waals surface area contributed by atoms with Crippen LogP contribution in [-0.4, -0.2) is 97.0 Å². The molecule has 0 aliphatic carbocycles. The SMILES string of the molecule is Cc1cc(CNC(=O)N2CCN(S(=O)(=O)N3CCOCC3)CC2)ccn1.O=CO.